The van der Waals surface area contributed by atoms with Crippen molar-refractivity contribution in [3.8, 4) is 0 Å². The Morgan fingerprint density at radius 3 is 1.05 bits per heavy atom. The first-order valence-electron chi connectivity index (χ1n) is 34.2. The first-order valence-corrected chi connectivity index (χ1v) is 34.2. The van der Waals surface area contributed by atoms with Crippen molar-refractivity contribution in [1.29, 1.82) is 0 Å². The van der Waals surface area contributed by atoms with E-state index >= 15 is 0 Å². The van der Waals surface area contributed by atoms with Crippen LogP contribution in [0.25, 0.3) is 0 Å². The zero-order valence-corrected chi connectivity index (χ0v) is 57.9. The van der Waals surface area contributed by atoms with Gasteiger partial charge in [-0.3, -0.25) is 0 Å². The van der Waals surface area contributed by atoms with E-state index in [2.05, 4.69) is 253 Å². The summed E-state index contributed by atoms with van der Waals surface area (Å²) in [5.74, 6) is 0. The van der Waals surface area contributed by atoms with Crippen molar-refractivity contribution in [2.24, 2.45) is 0 Å². The van der Waals surface area contributed by atoms with Crippen molar-refractivity contribution in [1.82, 2.24) is 0 Å². The number of nitrogens with zero attached hydrogens (tertiary/aromatic N) is 3. The van der Waals surface area contributed by atoms with Gasteiger partial charge in [-0.2, -0.15) is 0 Å². The molecule has 6 aromatic carbocycles. The van der Waals surface area contributed by atoms with Gasteiger partial charge in [0.2, 0.25) is 0 Å². The molecule has 0 spiro atoms. The molecular weight excluding hydrogens is 1040 g/mol. The third kappa shape index (κ3) is 8.02. The summed E-state index contributed by atoms with van der Waals surface area (Å²) in [5.41, 5.74) is 33.4. The average molecular weight is 1140 g/mol. The molecule has 452 valence electrons. The van der Waals surface area contributed by atoms with E-state index < -0.39 is 0 Å². The van der Waals surface area contributed by atoms with E-state index in [4.69, 9.17) is 0 Å². The Morgan fingerprint density at radius 1 is 0.337 bits per heavy atom. The molecule has 3 nitrogen and oxygen atoms in total. The van der Waals surface area contributed by atoms with Crippen LogP contribution >= 0.6 is 0 Å². The molecule has 5 aliphatic carbocycles. The van der Waals surface area contributed by atoms with Crippen molar-refractivity contribution < 1.29 is 0 Å². The molecular formula is C82H106BN3. The summed E-state index contributed by atoms with van der Waals surface area (Å²) in [5, 5.41) is 0. The van der Waals surface area contributed by atoms with E-state index in [0.29, 0.717) is 0 Å². The summed E-state index contributed by atoms with van der Waals surface area (Å²) in [6.45, 7) is 58.0. The van der Waals surface area contributed by atoms with Gasteiger partial charge in [-0.15, -0.1) is 0 Å². The Labute approximate surface area is 522 Å². The highest BCUT2D eigenvalue weighted by atomic mass is 15.3. The number of anilines is 8. The molecule has 14 rings (SSSR count). The molecule has 2 unspecified atom stereocenters. The maximum atomic E-state index is 2.93. The Kier molecular flexibility index (Phi) is 12.1. The third-order valence-electron chi connectivity index (χ3n) is 26.0. The molecule has 2 atom stereocenters. The largest absolute Gasteiger partial charge is 0.334 e. The minimum atomic E-state index is -0.155. The zero-order valence-electron chi connectivity index (χ0n) is 57.9. The summed E-state index contributed by atoms with van der Waals surface area (Å²) in [4.78, 5) is 8.68. The van der Waals surface area contributed by atoms with Gasteiger partial charge >= 0.3 is 0 Å². The molecule has 0 aromatic heterocycles. The SMILES string of the molecule is Cc1cc2c(cc1N1c3cc4c(cc3B3c5cc6c(cc5N(c5cc7c(cc5C)C(C)(C)CCC7(C)C)c5cc(N7c8ccc(C(C)(C)C)cc8C8(C)CCCCC78C)cc1c53)C(C)(C)CCC6(C)C)C(C)(C)CCC4(C)C)C(C)(C)CCC2(C)C. The topological polar surface area (TPSA) is 9.72 Å². The minimum Gasteiger partial charge on any atom is -0.334 e. The van der Waals surface area contributed by atoms with Crippen LogP contribution in [-0.2, 0) is 54.1 Å². The van der Waals surface area contributed by atoms with Gasteiger partial charge in [0, 0.05) is 50.9 Å². The highest BCUT2D eigenvalue weighted by molar-refractivity contribution is 7.00. The van der Waals surface area contributed by atoms with Gasteiger partial charge < -0.3 is 14.7 Å². The van der Waals surface area contributed by atoms with Crippen molar-refractivity contribution in [2.45, 2.75) is 296 Å². The molecule has 8 aliphatic rings. The van der Waals surface area contributed by atoms with E-state index in [1.807, 2.05) is 0 Å². The summed E-state index contributed by atoms with van der Waals surface area (Å²) < 4.78 is 0. The molecule has 3 aliphatic heterocycles. The second-order valence-corrected chi connectivity index (χ2v) is 36.5. The van der Waals surface area contributed by atoms with Crippen LogP contribution in [0.3, 0.4) is 0 Å². The summed E-state index contributed by atoms with van der Waals surface area (Å²) in [6.07, 6.45) is 14.3. The number of benzene rings is 6. The molecule has 1 fully saturated rings. The normalized spacial score (nSPS) is 25.8. The molecule has 0 saturated heterocycles. The van der Waals surface area contributed by atoms with E-state index in [9.17, 15) is 0 Å². The zero-order chi connectivity index (χ0) is 61.8. The van der Waals surface area contributed by atoms with Crippen LogP contribution in [-0.4, -0.2) is 12.3 Å². The fourth-order valence-corrected chi connectivity index (χ4v) is 19.3. The van der Waals surface area contributed by atoms with Gasteiger partial charge in [-0.05, 0) is 259 Å². The smallest absolute Gasteiger partial charge is 0.252 e. The summed E-state index contributed by atoms with van der Waals surface area (Å²) in [7, 11) is 0. The number of hydrogen-bond acceptors (Lipinski definition) is 3. The fraction of sp³-hybridized carbons (Fsp3) is 0.561. The van der Waals surface area contributed by atoms with Gasteiger partial charge in [-0.1, -0.05) is 188 Å². The molecule has 86 heavy (non-hydrogen) atoms. The van der Waals surface area contributed by atoms with Gasteiger partial charge in [0.1, 0.15) is 0 Å². The van der Waals surface area contributed by atoms with Crippen LogP contribution in [0.5, 0.6) is 0 Å². The van der Waals surface area contributed by atoms with E-state index in [0.717, 1.165) is 6.42 Å². The van der Waals surface area contributed by atoms with Crippen LogP contribution in [0.15, 0.2) is 78.9 Å². The van der Waals surface area contributed by atoms with Gasteiger partial charge in [0.05, 0.1) is 5.54 Å². The first kappa shape index (κ1) is 58.5. The Bertz CT molecular complexity index is 3720. The predicted molar refractivity (Wildman–Crippen MR) is 373 cm³/mol. The third-order valence-corrected chi connectivity index (χ3v) is 26.0. The lowest BCUT2D eigenvalue weighted by Gasteiger charge is -2.52. The quantitative estimate of drug-likeness (QED) is 0.163. The second kappa shape index (κ2) is 17.8. The van der Waals surface area contributed by atoms with E-state index in [1.54, 1.807) is 16.7 Å². The van der Waals surface area contributed by atoms with Gasteiger partial charge in [0.25, 0.3) is 6.71 Å². The molecule has 1 saturated carbocycles. The molecule has 0 radical (unpaired) electrons. The highest BCUT2D eigenvalue weighted by Gasteiger charge is 2.59. The fourth-order valence-electron chi connectivity index (χ4n) is 19.3. The lowest BCUT2D eigenvalue weighted by molar-refractivity contribution is 0.195. The van der Waals surface area contributed by atoms with Crippen LogP contribution in [0.2, 0.25) is 0 Å². The molecule has 4 heteroatoms. The Morgan fingerprint density at radius 2 is 0.674 bits per heavy atom. The van der Waals surface area contributed by atoms with E-state index in [-0.39, 0.29) is 66.4 Å². The highest BCUT2D eigenvalue weighted by Crippen LogP contribution is 2.64. The van der Waals surface area contributed by atoms with Crippen LogP contribution in [0, 0.1) is 13.8 Å². The number of aryl methyl sites for hydroxylation is 2. The maximum Gasteiger partial charge on any atom is 0.252 e. The number of hydrogen-bond donors (Lipinski definition) is 0. The summed E-state index contributed by atoms with van der Waals surface area (Å²) >= 11 is 0. The predicted octanol–water partition coefficient (Wildman–Crippen LogP) is 20.8. The lowest BCUT2D eigenvalue weighted by Crippen LogP contribution is -2.62. The Hall–Kier alpha value is -5.22. The molecule has 0 N–H and O–H groups in total. The van der Waals surface area contributed by atoms with E-state index in [1.165, 1.54) is 183 Å². The standard InChI is InChI=1S/C82H106BN3/c1-49-38-53-57(77(14,15)34-30-73(53,6)7)45-65(49)84-67-47-59-55(75(10,11)32-36-79(59,18)19)43-62(67)83-63-44-56-60(80(20,21)37-33-76(56,12)13)48-68(63)85(66-46-58-54(39-50(66)2)74(8,9)31-35-78(58,16)17)70-42-52(41-69(84)71(70)83)86-64-27-26-51(72(3,4)5)40-61(64)81(22)28-24-25-29-82(81,86)23/h26-27,38-48H,24-25,28-37H2,1-23H3. The van der Waals surface area contributed by atoms with Crippen molar-refractivity contribution in [3.05, 3.63) is 146 Å². The van der Waals surface area contributed by atoms with Crippen molar-refractivity contribution in [3.63, 3.8) is 0 Å². The average Bonchev–Trinajstić information content (AvgIpc) is 1.09. The molecule has 0 amide bonds. The lowest BCUT2D eigenvalue weighted by atomic mass is 9.32. The van der Waals surface area contributed by atoms with Crippen LogP contribution < -0.4 is 31.1 Å². The number of fused-ring (bicyclic) bond motifs is 11. The van der Waals surface area contributed by atoms with Crippen LogP contribution in [0.1, 0.15) is 289 Å². The van der Waals surface area contributed by atoms with Crippen molar-refractivity contribution in [2.75, 3.05) is 14.7 Å². The maximum absolute atomic E-state index is 2.93. The Balaban J connectivity index is 1.18. The van der Waals surface area contributed by atoms with Gasteiger partial charge in [-0.25, -0.2) is 0 Å². The molecule has 6 aromatic rings. The minimum absolute atomic E-state index is 0.00110. The molecule has 0 bridgehead atoms. The molecule has 3 heterocycles. The summed E-state index contributed by atoms with van der Waals surface area (Å²) in [6, 6.07) is 35.1. The van der Waals surface area contributed by atoms with Crippen molar-refractivity contribution >= 4 is 68.6 Å². The monoisotopic (exact) mass is 1140 g/mol. The van der Waals surface area contributed by atoms with Crippen LogP contribution in [0.4, 0.5) is 45.5 Å². The second-order valence-electron chi connectivity index (χ2n) is 36.5. The number of rotatable bonds is 3. The first-order chi connectivity index (χ1) is 39.7. The van der Waals surface area contributed by atoms with Gasteiger partial charge in [0.15, 0.2) is 0 Å².